The number of benzene rings is 1. The predicted molar refractivity (Wildman–Crippen MR) is 123 cm³/mol. The van der Waals surface area contributed by atoms with Crippen LogP contribution in [0, 0.1) is 0 Å². The first-order chi connectivity index (χ1) is 15.6. The van der Waals surface area contributed by atoms with Gasteiger partial charge in [0, 0.05) is 11.8 Å². The molecule has 32 heavy (non-hydrogen) atoms. The molecule has 3 heterocycles. The molecule has 1 aromatic carbocycles. The molecule has 2 N–H and O–H groups in total. The minimum atomic E-state index is -0.291. The number of carbonyl (C=O) groups excluding carboxylic acids is 1. The number of H-pyrrole nitrogens is 1. The van der Waals surface area contributed by atoms with E-state index in [9.17, 15) is 4.79 Å². The van der Waals surface area contributed by atoms with Crippen LogP contribution in [0.4, 0.5) is 0 Å². The standard InChI is InChI=1S/C22H24N6O3S/c1-30-18-8-7-14(12-19(18)31-2)16-13-17(25-24-16)22(29)23-15(9-11-32-3)21-27-26-20-6-4-5-10-28(20)21/h4-8,10,12-13,15H,9,11H2,1-3H3,(H,23,29)(H,24,25)/t15-/m0/s1. The SMILES string of the molecule is COc1ccc(-c2cc(C(=O)N[C@@H](CCSC)c3nnc4ccccn34)[nH]n2)cc1OC. The third kappa shape index (κ3) is 4.40. The molecule has 0 aliphatic rings. The Balaban J connectivity index is 1.56. The number of nitrogens with one attached hydrogen (secondary N) is 2. The van der Waals surface area contributed by atoms with Gasteiger partial charge in [0.25, 0.3) is 5.91 Å². The van der Waals surface area contributed by atoms with Gasteiger partial charge >= 0.3 is 0 Å². The van der Waals surface area contributed by atoms with Gasteiger partial charge in [0.1, 0.15) is 5.69 Å². The Morgan fingerprint density at radius 1 is 1.16 bits per heavy atom. The average Bonchev–Trinajstić information content (AvgIpc) is 3.49. The molecule has 10 heteroatoms. The Bertz CT molecular complexity index is 1220. The molecule has 0 aliphatic carbocycles. The van der Waals surface area contributed by atoms with E-state index in [1.807, 2.05) is 47.2 Å². The molecule has 0 saturated carbocycles. The van der Waals surface area contributed by atoms with E-state index in [0.717, 1.165) is 23.4 Å². The highest BCUT2D eigenvalue weighted by Crippen LogP contribution is 2.31. The van der Waals surface area contributed by atoms with Crippen molar-refractivity contribution in [2.24, 2.45) is 0 Å². The van der Waals surface area contributed by atoms with Crippen molar-refractivity contribution in [3.63, 3.8) is 0 Å². The average molecular weight is 453 g/mol. The summed E-state index contributed by atoms with van der Waals surface area (Å²) in [5.74, 6) is 2.52. The molecule has 1 atom stereocenters. The number of carbonyl (C=O) groups is 1. The molecule has 9 nitrogen and oxygen atoms in total. The molecule has 0 spiro atoms. The van der Waals surface area contributed by atoms with Crippen LogP contribution in [0.5, 0.6) is 11.5 Å². The second-order valence-electron chi connectivity index (χ2n) is 7.03. The summed E-state index contributed by atoms with van der Waals surface area (Å²) in [5, 5.41) is 18.7. The van der Waals surface area contributed by atoms with Gasteiger partial charge in [-0.1, -0.05) is 6.07 Å². The van der Waals surface area contributed by atoms with Crippen LogP contribution in [0.25, 0.3) is 16.9 Å². The maximum Gasteiger partial charge on any atom is 0.269 e. The molecule has 4 aromatic rings. The van der Waals surface area contributed by atoms with Gasteiger partial charge in [0.05, 0.1) is 26.0 Å². The molecule has 0 aliphatic heterocycles. The van der Waals surface area contributed by atoms with Gasteiger partial charge < -0.3 is 14.8 Å². The zero-order valence-electron chi connectivity index (χ0n) is 18.0. The van der Waals surface area contributed by atoms with Gasteiger partial charge in [-0.2, -0.15) is 16.9 Å². The Labute approximate surface area is 189 Å². The van der Waals surface area contributed by atoms with Crippen molar-refractivity contribution < 1.29 is 14.3 Å². The first-order valence-corrected chi connectivity index (χ1v) is 11.4. The van der Waals surface area contributed by atoms with E-state index in [1.165, 1.54) is 0 Å². The Hall–Kier alpha value is -3.53. The van der Waals surface area contributed by atoms with Gasteiger partial charge in [-0.3, -0.25) is 14.3 Å². The summed E-state index contributed by atoms with van der Waals surface area (Å²) in [6.07, 6.45) is 4.65. The highest BCUT2D eigenvalue weighted by atomic mass is 32.2. The van der Waals surface area contributed by atoms with Crippen molar-refractivity contribution in [2.45, 2.75) is 12.5 Å². The molecule has 0 unspecified atom stereocenters. The Morgan fingerprint density at radius 2 is 2.00 bits per heavy atom. The van der Waals surface area contributed by atoms with Crippen molar-refractivity contribution in [3.05, 3.63) is 60.2 Å². The second-order valence-corrected chi connectivity index (χ2v) is 8.02. The molecule has 0 bridgehead atoms. The summed E-state index contributed by atoms with van der Waals surface area (Å²) in [5.41, 5.74) is 2.53. The fourth-order valence-corrected chi connectivity index (χ4v) is 3.89. The molecule has 0 radical (unpaired) electrons. The molecular formula is C22H24N6O3S. The summed E-state index contributed by atoms with van der Waals surface area (Å²) in [6, 6.07) is 12.6. The summed E-state index contributed by atoms with van der Waals surface area (Å²) < 4.78 is 12.5. The van der Waals surface area contributed by atoms with Gasteiger partial charge in [-0.25, -0.2) is 0 Å². The number of methoxy groups -OCH3 is 2. The molecule has 0 saturated heterocycles. The molecule has 0 fully saturated rings. The van der Waals surface area contributed by atoms with E-state index in [0.29, 0.717) is 28.7 Å². The zero-order chi connectivity index (χ0) is 22.5. The van der Waals surface area contributed by atoms with Crippen LogP contribution >= 0.6 is 11.8 Å². The smallest absolute Gasteiger partial charge is 0.269 e. The van der Waals surface area contributed by atoms with E-state index in [-0.39, 0.29) is 11.9 Å². The van der Waals surface area contributed by atoms with Crippen molar-refractivity contribution in [1.29, 1.82) is 0 Å². The zero-order valence-corrected chi connectivity index (χ0v) is 18.8. The Kier molecular flexibility index (Phi) is 6.60. The third-order valence-electron chi connectivity index (χ3n) is 5.07. The van der Waals surface area contributed by atoms with Crippen molar-refractivity contribution in [2.75, 3.05) is 26.2 Å². The van der Waals surface area contributed by atoms with E-state index in [1.54, 1.807) is 38.1 Å². The van der Waals surface area contributed by atoms with Crippen LogP contribution in [0.15, 0.2) is 48.7 Å². The van der Waals surface area contributed by atoms with Crippen LogP contribution in [-0.4, -0.2) is 56.9 Å². The lowest BCUT2D eigenvalue weighted by Gasteiger charge is -2.16. The molecule has 3 aromatic heterocycles. The van der Waals surface area contributed by atoms with Gasteiger partial charge in [0.15, 0.2) is 23.0 Å². The largest absolute Gasteiger partial charge is 0.493 e. The lowest BCUT2D eigenvalue weighted by molar-refractivity contribution is 0.0928. The van der Waals surface area contributed by atoms with E-state index >= 15 is 0 Å². The molecule has 166 valence electrons. The number of aromatic nitrogens is 5. The van der Waals surface area contributed by atoms with Crippen molar-refractivity contribution in [3.8, 4) is 22.8 Å². The number of rotatable bonds is 9. The normalized spacial score (nSPS) is 12.0. The number of ether oxygens (including phenoxy) is 2. The second kappa shape index (κ2) is 9.73. The van der Waals surface area contributed by atoms with E-state index < -0.39 is 0 Å². The fourth-order valence-electron chi connectivity index (χ4n) is 3.42. The highest BCUT2D eigenvalue weighted by Gasteiger charge is 2.22. The van der Waals surface area contributed by atoms with Crippen LogP contribution in [-0.2, 0) is 0 Å². The predicted octanol–water partition coefficient (Wildman–Crippen LogP) is 3.36. The van der Waals surface area contributed by atoms with Crippen molar-refractivity contribution >= 4 is 23.3 Å². The quantitative estimate of drug-likeness (QED) is 0.401. The minimum Gasteiger partial charge on any atom is -0.493 e. The molecular weight excluding hydrogens is 428 g/mol. The summed E-state index contributed by atoms with van der Waals surface area (Å²) in [6.45, 7) is 0. The van der Waals surface area contributed by atoms with Crippen LogP contribution < -0.4 is 14.8 Å². The number of fused-ring (bicyclic) bond motifs is 1. The lowest BCUT2D eigenvalue weighted by Crippen LogP contribution is -2.30. The monoisotopic (exact) mass is 452 g/mol. The maximum atomic E-state index is 13.0. The van der Waals surface area contributed by atoms with Crippen LogP contribution in [0.2, 0.25) is 0 Å². The molecule has 4 rings (SSSR count). The lowest BCUT2D eigenvalue weighted by atomic mass is 10.1. The fraction of sp³-hybridized carbons (Fsp3) is 0.273. The Morgan fingerprint density at radius 3 is 2.78 bits per heavy atom. The highest BCUT2D eigenvalue weighted by molar-refractivity contribution is 7.98. The number of hydrogen-bond donors (Lipinski definition) is 2. The number of hydrogen-bond acceptors (Lipinski definition) is 7. The van der Waals surface area contributed by atoms with Gasteiger partial charge in [-0.15, -0.1) is 10.2 Å². The van der Waals surface area contributed by atoms with E-state index in [2.05, 4.69) is 25.7 Å². The van der Waals surface area contributed by atoms with Crippen molar-refractivity contribution in [1.82, 2.24) is 30.1 Å². The topological polar surface area (TPSA) is 106 Å². The van der Waals surface area contributed by atoms with Gasteiger partial charge in [-0.05, 0) is 54.8 Å². The van der Waals surface area contributed by atoms with Crippen LogP contribution in [0.3, 0.4) is 0 Å². The number of nitrogens with zero attached hydrogens (tertiary/aromatic N) is 4. The number of aromatic amines is 1. The third-order valence-corrected chi connectivity index (χ3v) is 5.71. The van der Waals surface area contributed by atoms with E-state index in [4.69, 9.17) is 9.47 Å². The molecule has 1 amide bonds. The van der Waals surface area contributed by atoms with Gasteiger partial charge in [0.2, 0.25) is 0 Å². The minimum absolute atomic E-state index is 0.261. The number of amides is 1. The number of thioether (sulfide) groups is 1. The summed E-state index contributed by atoms with van der Waals surface area (Å²) >= 11 is 1.71. The summed E-state index contributed by atoms with van der Waals surface area (Å²) in [7, 11) is 3.16. The first kappa shape index (κ1) is 21.7. The maximum absolute atomic E-state index is 13.0. The number of pyridine rings is 1. The first-order valence-electron chi connectivity index (χ1n) is 10.0. The van der Waals surface area contributed by atoms with Crippen LogP contribution in [0.1, 0.15) is 28.8 Å². The summed E-state index contributed by atoms with van der Waals surface area (Å²) in [4.78, 5) is 13.0.